The minimum Gasteiger partial charge on any atom is -0.322 e. The summed E-state index contributed by atoms with van der Waals surface area (Å²) in [5.74, 6) is -0.743. The van der Waals surface area contributed by atoms with E-state index in [1.165, 1.54) is 11.1 Å². The number of piperidine rings is 1. The smallest absolute Gasteiger partial charge is 0.255 e. The Labute approximate surface area is 180 Å². The second-order valence-corrected chi connectivity index (χ2v) is 8.99. The zero-order valence-electron chi connectivity index (χ0n) is 17.1. The van der Waals surface area contributed by atoms with Crippen molar-refractivity contribution in [1.82, 2.24) is 20.4 Å². The number of fused-ring (bicyclic) bond motifs is 6. The molecule has 7 heteroatoms. The summed E-state index contributed by atoms with van der Waals surface area (Å²) in [6.07, 6.45) is 0.664. The summed E-state index contributed by atoms with van der Waals surface area (Å²) in [6.45, 7) is 3.11. The Morgan fingerprint density at radius 3 is 2.42 bits per heavy atom. The molecule has 0 spiro atoms. The molecule has 4 aliphatic heterocycles. The molecule has 158 valence electrons. The Morgan fingerprint density at radius 2 is 1.71 bits per heavy atom. The van der Waals surface area contributed by atoms with E-state index in [2.05, 4.69) is 45.9 Å². The van der Waals surface area contributed by atoms with Gasteiger partial charge in [0.2, 0.25) is 11.8 Å². The average molecular weight is 416 g/mol. The van der Waals surface area contributed by atoms with Crippen molar-refractivity contribution in [3.63, 3.8) is 0 Å². The van der Waals surface area contributed by atoms with Crippen molar-refractivity contribution in [1.29, 1.82) is 0 Å². The number of piperazine rings is 1. The molecule has 3 atom stereocenters. The van der Waals surface area contributed by atoms with Crippen LogP contribution in [0.25, 0.3) is 0 Å². The summed E-state index contributed by atoms with van der Waals surface area (Å²) in [6, 6.07) is 14.9. The lowest BCUT2D eigenvalue weighted by Crippen LogP contribution is -2.52. The normalized spacial score (nSPS) is 27.3. The molecule has 6 rings (SSSR count). The molecule has 0 aliphatic carbocycles. The number of amides is 3. The van der Waals surface area contributed by atoms with Crippen LogP contribution in [-0.2, 0) is 22.7 Å². The fourth-order valence-corrected chi connectivity index (χ4v) is 5.55. The number of carbonyl (C=O) groups is 3. The highest BCUT2D eigenvalue weighted by Crippen LogP contribution is 2.38. The van der Waals surface area contributed by atoms with Gasteiger partial charge in [-0.05, 0) is 34.7 Å². The van der Waals surface area contributed by atoms with E-state index in [1.54, 1.807) is 4.90 Å². The fourth-order valence-electron chi connectivity index (χ4n) is 5.55. The first-order valence-electron chi connectivity index (χ1n) is 10.9. The minimum absolute atomic E-state index is 0.112. The number of benzene rings is 2. The van der Waals surface area contributed by atoms with Gasteiger partial charge in [0.25, 0.3) is 5.91 Å². The van der Waals surface area contributed by atoms with Gasteiger partial charge in [-0.25, -0.2) is 0 Å². The molecule has 0 radical (unpaired) electrons. The van der Waals surface area contributed by atoms with Crippen LogP contribution in [0.4, 0.5) is 0 Å². The summed E-state index contributed by atoms with van der Waals surface area (Å²) in [7, 11) is 0. The summed E-state index contributed by atoms with van der Waals surface area (Å²) < 4.78 is 0. The van der Waals surface area contributed by atoms with Gasteiger partial charge >= 0.3 is 0 Å². The Bertz CT molecular complexity index is 1080. The van der Waals surface area contributed by atoms with Crippen LogP contribution in [-0.4, -0.2) is 46.7 Å². The lowest BCUT2D eigenvalue weighted by atomic mass is 10.0. The van der Waals surface area contributed by atoms with E-state index in [0.717, 1.165) is 30.8 Å². The molecule has 2 aromatic carbocycles. The Hall–Kier alpha value is -3.03. The van der Waals surface area contributed by atoms with Crippen molar-refractivity contribution in [2.24, 2.45) is 0 Å². The van der Waals surface area contributed by atoms with Crippen molar-refractivity contribution in [3.05, 3.63) is 70.3 Å². The van der Waals surface area contributed by atoms with Crippen molar-refractivity contribution in [2.75, 3.05) is 13.1 Å². The van der Waals surface area contributed by atoms with E-state index in [0.29, 0.717) is 30.6 Å². The van der Waals surface area contributed by atoms with Gasteiger partial charge in [-0.15, -0.1) is 0 Å². The molecule has 31 heavy (non-hydrogen) atoms. The number of carbonyl (C=O) groups excluding carboxylic acids is 3. The topological polar surface area (TPSA) is 81.8 Å². The van der Waals surface area contributed by atoms with Crippen LogP contribution in [0.15, 0.2) is 42.5 Å². The molecule has 3 amide bonds. The Balaban J connectivity index is 1.18. The summed E-state index contributed by atoms with van der Waals surface area (Å²) in [5.41, 5.74) is 5.55. The fraction of sp³-hybridized carbons (Fsp3) is 0.375. The van der Waals surface area contributed by atoms with E-state index >= 15 is 0 Å². The largest absolute Gasteiger partial charge is 0.322 e. The quantitative estimate of drug-likeness (QED) is 0.744. The average Bonchev–Trinajstić information content (AvgIpc) is 3.22. The molecule has 2 saturated heterocycles. The van der Waals surface area contributed by atoms with Crippen LogP contribution in [0.1, 0.15) is 57.5 Å². The van der Waals surface area contributed by atoms with E-state index in [9.17, 15) is 14.4 Å². The van der Waals surface area contributed by atoms with E-state index in [-0.39, 0.29) is 24.1 Å². The lowest BCUT2D eigenvalue weighted by Gasteiger charge is -2.33. The van der Waals surface area contributed by atoms with Gasteiger partial charge in [-0.1, -0.05) is 36.4 Å². The van der Waals surface area contributed by atoms with Gasteiger partial charge in [0.1, 0.15) is 6.04 Å². The second-order valence-electron chi connectivity index (χ2n) is 8.99. The maximum Gasteiger partial charge on any atom is 0.255 e. The van der Waals surface area contributed by atoms with Crippen molar-refractivity contribution in [2.45, 2.75) is 44.1 Å². The number of rotatable bonds is 3. The Morgan fingerprint density at radius 1 is 0.968 bits per heavy atom. The number of nitrogens with zero attached hydrogens (tertiary/aromatic N) is 2. The van der Waals surface area contributed by atoms with E-state index in [4.69, 9.17) is 0 Å². The third kappa shape index (κ3) is 3.07. The highest BCUT2D eigenvalue weighted by molar-refractivity contribution is 6.05. The number of imide groups is 1. The molecule has 3 unspecified atom stereocenters. The molecular weight excluding hydrogens is 392 g/mol. The summed E-state index contributed by atoms with van der Waals surface area (Å²) in [5, 5.41) is 6.06. The van der Waals surface area contributed by atoms with E-state index in [1.807, 2.05) is 12.1 Å². The molecule has 0 saturated carbocycles. The molecule has 2 bridgehead atoms. The van der Waals surface area contributed by atoms with Gasteiger partial charge in [0, 0.05) is 50.2 Å². The number of hydrogen-bond acceptors (Lipinski definition) is 5. The molecule has 2 fully saturated rings. The maximum absolute atomic E-state index is 13.1. The van der Waals surface area contributed by atoms with Crippen LogP contribution in [0.2, 0.25) is 0 Å². The van der Waals surface area contributed by atoms with Crippen molar-refractivity contribution >= 4 is 17.7 Å². The molecule has 4 heterocycles. The predicted octanol–water partition coefficient (Wildman–Crippen LogP) is 1.65. The SMILES string of the molecule is O=C1CCC(N2Cc3ccc(CN4CC5NC(C4)c4ccccc45)cc3C2=O)C(=O)N1. The highest BCUT2D eigenvalue weighted by atomic mass is 16.2. The number of hydrogen-bond donors (Lipinski definition) is 2. The molecule has 2 aromatic rings. The zero-order chi connectivity index (χ0) is 21.1. The third-order valence-electron chi connectivity index (χ3n) is 7.03. The van der Waals surface area contributed by atoms with Crippen LogP contribution < -0.4 is 10.6 Å². The van der Waals surface area contributed by atoms with Gasteiger partial charge < -0.3 is 10.2 Å². The molecule has 7 nitrogen and oxygen atoms in total. The number of nitrogens with one attached hydrogen (secondary N) is 2. The van der Waals surface area contributed by atoms with Gasteiger partial charge in [-0.3, -0.25) is 24.6 Å². The molecule has 4 aliphatic rings. The second kappa shape index (κ2) is 7.00. The van der Waals surface area contributed by atoms with Crippen LogP contribution in [0, 0.1) is 0 Å². The van der Waals surface area contributed by atoms with Crippen molar-refractivity contribution in [3.8, 4) is 0 Å². The van der Waals surface area contributed by atoms with Gasteiger partial charge in [0.15, 0.2) is 0 Å². The summed E-state index contributed by atoms with van der Waals surface area (Å²) >= 11 is 0. The van der Waals surface area contributed by atoms with Gasteiger partial charge in [0.05, 0.1) is 0 Å². The van der Waals surface area contributed by atoms with Gasteiger partial charge in [-0.2, -0.15) is 0 Å². The maximum atomic E-state index is 13.1. The van der Waals surface area contributed by atoms with Crippen LogP contribution in [0.5, 0.6) is 0 Å². The first kappa shape index (κ1) is 18.7. The Kier molecular flexibility index (Phi) is 4.23. The lowest BCUT2D eigenvalue weighted by molar-refractivity contribution is -0.136. The zero-order valence-corrected chi connectivity index (χ0v) is 17.1. The first-order chi connectivity index (χ1) is 15.1. The monoisotopic (exact) mass is 416 g/mol. The molecule has 2 N–H and O–H groups in total. The third-order valence-corrected chi connectivity index (χ3v) is 7.03. The van der Waals surface area contributed by atoms with E-state index < -0.39 is 6.04 Å². The van der Waals surface area contributed by atoms with Crippen molar-refractivity contribution < 1.29 is 14.4 Å². The highest BCUT2D eigenvalue weighted by Gasteiger charge is 2.40. The van der Waals surface area contributed by atoms with Crippen LogP contribution in [0.3, 0.4) is 0 Å². The molecular formula is C24H24N4O3. The first-order valence-corrected chi connectivity index (χ1v) is 10.9. The summed E-state index contributed by atoms with van der Waals surface area (Å²) in [4.78, 5) is 40.8. The van der Waals surface area contributed by atoms with Crippen LogP contribution >= 0.6 is 0 Å². The minimum atomic E-state index is -0.566. The standard InChI is InChI=1S/C24H24N4O3/c29-22-8-7-21(23(30)26-22)28-11-15-6-5-14(9-18(15)24(28)31)10-27-12-19-16-3-1-2-4-17(16)20(13-27)25-19/h1-6,9,19-21,25H,7-8,10-13H2,(H,26,29,30). The molecule has 0 aromatic heterocycles. The predicted molar refractivity (Wildman–Crippen MR) is 113 cm³/mol.